The van der Waals surface area contributed by atoms with Crippen molar-refractivity contribution < 1.29 is 13.6 Å². The Kier molecular flexibility index (Phi) is 5.93. The number of nitrogens with one attached hydrogen (secondary N) is 2. The molecule has 1 atom stereocenters. The molecular weight excluding hydrogens is 345 g/mol. The van der Waals surface area contributed by atoms with Crippen LogP contribution in [0.15, 0.2) is 36.4 Å². The molecule has 0 saturated heterocycles. The van der Waals surface area contributed by atoms with Crippen LogP contribution in [0.5, 0.6) is 0 Å². The quantitative estimate of drug-likeness (QED) is 0.822. The summed E-state index contributed by atoms with van der Waals surface area (Å²) >= 11 is 11.9. The summed E-state index contributed by atoms with van der Waals surface area (Å²) in [5.74, 6) is -2.36. The first-order chi connectivity index (χ1) is 10.9. The van der Waals surface area contributed by atoms with E-state index in [-0.39, 0.29) is 24.2 Å². The Bertz CT molecular complexity index is 725. The Morgan fingerprint density at radius 2 is 1.87 bits per heavy atom. The highest BCUT2D eigenvalue weighted by Gasteiger charge is 2.12. The molecule has 0 spiro atoms. The summed E-state index contributed by atoms with van der Waals surface area (Å²) in [5, 5.41) is 6.50. The minimum atomic E-state index is -1.02. The number of carbonyl (C=O) groups is 1. The molecule has 0 saturated carbocycles. The van der Waals surface area contributed by atoms with E-state index in [0.717, 1.165) is 17.7 Å². The van der Waals surface area contributed by atoms with Crippen molar-refractivity contribution in [2.24, 2.45) is 0 Å². The Balaban J connectivity index is 1.91. The third-order valence-electron chi connectivity index (χ3n) is 3.20. The molecule has 0 heterocycles. The van der Waals surface area contributed by atoms with Crippen LogP contribution in [0, 0.1) is 11.6 Å². The van der Waals surface area contributed by atoms with E-state index in [9.17, 15) is 13.6 Å². The summed E-state index contributed by atoms with van der Waals surface area (Å²) in [6.07, 6.45) is 0. The number of anilines is 1. The van der Waals surface area contributed by atoms with Gasteiger partial charge in [-0.15, -0.1) is 0 Å². The maximum Gasteiger partial charge on any atom is 0.238 e. The highest BCUT2D eigenvalue weighted by molar-refractivity contribution is 6.35. The van der Waals surface area contributed by atoms with Crippen molar-refractivity contribution in [1.29, 1.82) is 0 Å². The fourth-order valence-corrected chi connectivity index (χ4v) is 2.56. The number of rotatable bonds is 5. The molecule has 0 aromatic heterocycles. The summed E-state index contributed by atoms with van der Waals surface area (Å²) in [6.45, 7) is 1.83. The van der Waals surface area contributed by atoms with Crippen LogP contribution < -0.4 is 10.6 Å². The molecule has 2 aromatic carbocycles. The van der Waals surface area contributed by atoms with Crippen LogP contribution in [0.25, 0.3) is 0 Å². The fourth-order valence-electron chi connectivity index (χ4n) is 1.99. The van der Waals surface area contributed by atoms with Gasteiger partial charge in [0.15, 0.2) is 11.6 Å². The van der Waals surface area contributed by atoms with E-state index < -0.39 is 11.6 Å². The van der Waals surface area contributed by atoms with Crippen LogP contribution in [-0.2, 0) is 4.79 Å². The van der Waals surface area contributed by atoms with Crippen molar-refractivity contribution in [2.75, 3.05) is 11.9 Å². The van der Waals surface area contributed by atoms with E-state index in [4.69, 9.17) is 23.2 Å². The van der Waals surface area contributed by atoms with E-state index >= 15 is 0 Å². The van der Waals surface area contributed by atoms with E-state index in [2.05, 4.69) is 10.6 Å². The first-order valence-electron chi connectivity index (χ1n) is 6.80. The lowest BCUT2D eigenvalue weighted by Gasteiger charge is -2.16. The van der Waals surface area contributed by atoms with Crippen molar-refractivity contribution >= 4 is 34.8 Å². The SMILES string of the molecule is C[C@@H](NCC(=O)Nc1ccc(F)c(F)c1)c1ccc(Cl)cc1Cl. The molecule has 1 amide bonds. The van der Waals surface area contributed by atoms with E-state index in [1.165, 1.54) is 6.07 Å². The minimum absolute atomic E-state index is 0.0148. The van der Waals surface area contributed by atoms with Gasteiger partial charge in [0.1, 0.15) is 0 Å². The van der Waals surface area contributed by atoms with Crippen molar-refractivity contribution in [2.45, 2.75) is 13.0 Å². The lowest BCUT2D eigenvalue weighted by Crippen LogP contribution is -2.30. The van der Waals surface area contributed by atoms with Crippen molar-refractivity contribution in [3.63, 3.8) is 0 Å². The topological polar surface area (TPSA) is 41.1 Å². The smallest absolute Gasteiger partial charge is 0.238 e. The Hall–Kier alpha value is -1.69. The van der Waals surface area contributed by atoms with Crippen molar-refractivity contribution in [1.82, 2.24) is 5.32 Å². The number of hydrogen-bond acceptors (Lipinski definition) is 2. The summed E-state index contributed by atoms with van der Waals surface area (Å²) in [5.41, 5.74) is 0.990. The molecular formula is C16H14Cl2F2N2O. The van der Waals surface area contributed by atoms with Gasteiger partial charge < -0.3 is 10.6 Å². The largest absolute Gasteiger partial charge is 0.325 e. The highest BCUT2D eigenvalue weighted by Crippen LogP contribution is 2.25. The Labute approximate surface area is 142 Å². The summed E-state index contributed by atoms with van der Waals surface area (Å²) in [6, 6.07) is 8.09. The molecule has 0 aliphatic heterocycles. The molecule has 122 valence electrons. The molecule has 3 nitrogen and oxygen atoms in total. The van der Waals surface area contributed by atoms with Crippen LogP contribution in [0.1, 0.15) is 18.5 Å². The van der Waals surface area contributed by atoms with Gasteiger partial charge in [-0.2, -0.15) is 0 Å². The summed E-state index contributed by atoms with van der Waals surface area (Å²) in [4.78, 5) is 11.8. The molecule has 0 bridgehead atoms. The predicted octanol–water partition coefficient (Wildman–Crippen LogP) is 4.56. The van der Waals surface area contributed by atoms with Gasteiger partial charge in [0.2, 0.25) is 5.91 Å². The van der Waals surface area contributed by atoms with Crippen molar-refractivity contribution in [3.8, 4) is 0 Å². The average molecular weight is 359 g/mol. The van der Waals surface area contributed by atoms with Crippen LogP contribution >= 0.6 is 23.2 Å². The molecule has 2 aromatic rings. The molecule has 0 aliphatic carbocycles. The van der Waals surface area contributed by atoms with E-state index in [0.29, 0.717) is 10.0 Å². The molecule has 0 aliphatic rings. The second-order valence-corrected chi connectivity index (χ2v) is 5.79. The second-order valence-electron chi connectivity index (χ2n) is 4.95. The lowest BCUT2D eigenvalue weighted by atomic mass is 10.1. The van der Waals surface area contributed by atoms with E-state index in [1.54, 1.807) is 18.2 Å². The zero-order chi connectivity index (χ0) is 17.0. The van der Waals surface area contributed by atoms with Crippen molar-refractivity contribution in [3.05, 3.63) is 63.6 Å². The Morgan fingerprint density at radius 1 is 1.13 bits per heavy atom. The highest BCUT2D eigenvalue weighted by atomic mass is 35.5. The molecule has 0 fully saturated rings. The first kappa shape index (κ1) is 17.7. The predicted molar refractivity (Wildman–Crippen MR) is 87.9 cm³/mol. The van der Waals surface area contributed by atoms with Crippen LogP contribution in [0.4, 0.5) is 14.5 Å². The average Bonchev–Trinajstić information content (AvgIpc) is 2.48. The monoisotopic (exact) mass is 358 g/mol. The van der Waals surface area contributed by atoms with Gasteiger partial charge in [-0.05, 0) is 36.8 Å². The minimum Gasteiger partial charge on any atom is -0.325 e. The van der Waals surface area contributed by atoms with Crippen LogP contribution in [0.2, 0.25) is 10.0 Å². The standard InChI is InChI=1S/C16H14Cl2F2N2O/c1-9(12-4-2-10(17)6-13(12)18)21-8-16(23)22-11-3-5-14(19)15(20)7-11/h2-7,9,21H,8H2,1H3,(H,22,23)/t9-/m1/s1. The second kappa shape index (κ2) is 7.73. The first-order valence-corrected chi connectivity index (χ1v) is 7.55. The number of benzene rings is 2. The zero-order valence-electron chi connectivity index (χ0n) is 12.2. The summed E-state index contributed by atoms with van der Waals surface area (Å²) in [7, 11) is 0. The van der Waals surface area contributed by atoms with Gasteiger partial charge in [-0.1, -0.05) is 29.3 Å². The zero-order valence-corrected chi connectivity index (χ0v) is 13.7. The third-order valence-corrected chi connectivity index (χ3v) is 3.76. The van der Waals surface area contributed by atoms with Gasteiger partial charge >= 0.3 is 0 Å². The number of hydrogen-bond donors (Lipinski definition) is 2. The molecule has 7 heteroatoms. The van der Waals surface area contributed by atoms with Gasteiger partial charge in [0, 0.05) is 27.8 Å². The number of halogens is 4. The van der Waals surface area contributed by atoms with Gasteiger partial charge in [-0.25, -0.2) is 8.78 Å². The number of amides is 1. The normalized spacial score (nSPS) is 12.0. The number of carbonyl (C=O) groups excluding carboxylic acids is 1. The molecule has 2 rings (SSSR count). The maximum absolute atomic E-state index is 13.1. The van der Waals surface area contributed by atoms with Crippen LogP contribution in [-0.4, -0.2) is 12.5 Å². The van der Waals surface area contributed by atoms with E-state index in [1.807, 2.05) is 6.92 Å². The molecule has 0 unspecified atom stereocenters. The molecule has 0 radical (unpaired) electrons. The van der Waals surface area contributed by atoms with Gasteiger partial charge in [0.05, 0.1) is 6.54 Å². The molecule has 2 N–H and O–H groups in total. The molecule has 23 heavy (non-hydrogen) atoms. The maximum atomic E-state index is 13.1. The summed E-state index contributed by atoms with van der Waals surface area (Å²) < 4.78 is 25.9. The fraction of sp³-hybridized carbons (Fsp3) is 0.188. The van der Waals surface area contributed by atoms with Crippen LogP contribution in [0.3, 0.4) is 0 Å². The lowest BCUT2D eigenvalue weighted by molar-refractivity contribution is -0.115. The van der Waals surface area contributed by atoms with Gasteiger partial charge in [0.25, 0.3) is 0 Å². The van der Waals surface area contributed by atoms with Gasteiger partial charge in [-0.3, -0.25) is 4.79 Å². The third kappa shape index (κ3) is 4.89. The Morgan fingerprint density at radius 3 is 2.52 bits per heavy atom.